The van der Waals surface area contributed by atoms with Crippen molar-refractivity contribution in [1.29, 1.82) is 0 Å². The van der Waals surface area contributed by atoms with E-state index in [-0.39, 0.29) is 23.2 Å². The van der Waals surface area contributed by atoms with E-state index in [1.165, 1.54) is 18.2 Å². The number of amides is 1. The average molecular weight is 277 g/mol. The van der Waals surface area contributed by atoms with Crippen molar-refractivity contribution in [3.8, 4) is 0 Å². The van der Waals surface area contributed by atoms with E-state index in [0.29, 0.717) is 31.5 Å². The number of piperazine rings is 1. The summed E-state index contributed by atoms with van der Waals surface area (Å²) in [7, 11) is 0. The molecule has 1 aromatic rings. The van der Waals surface area contributed by atoms with Gasteiger partial charge in [-0.3, -0.25) is 19.7 Å². The summed E-state index contributed by atoms with van der Waals surface area (Å²) in [5.74, 6) is -0.0889. The second-order valence-electron chi connectivity index (χ2n) is 4.53. The largest absolute Gasteiger partial charge is 0.357 e. The first-order valence-corrected chi connectivity index (χ1v) is 6.36. The Kier molecular flexibility index (Phi) is 3.97. The van der Waals surface area contributed by atoms with Gasteiger partial charge in [0.15, 0.2) is 6.29 Å². The molecule has 1 amide bonds. The molecule has 2 rings (SSSR count). The van der Waals surface area contributed by atoms with Gasteiger partial charge in [-0.05, 0) is 12.5 Å². The van der Waals surface area contributed by atoms with Gasteiger partial charge in [0.05, 0.1) is 4.92 Å². The van der Waals surface area contributed by atoms with E-state index in [9.17, 15) is 19.7 Å². The van der Waals surface area contributed by atoms with Gasteiger partial charge in [-0.1, -0.05) is 6.92 Å². The molecule has 106 valence electrons. The van der Waals surface area contributed by atoms with Crippen LogP contribution in [0.1, 0.15) is 23.7 Å². The number of benzene rings is 1. The molecular weight excluding hydrogens is 262 g/mol. The van der Waals surface area contributed by atoms with Crippen LogP contribution in [0.4, 0.5) is 11.4 Å². The molecule has 1 fully saturated rings. The summed E-state index contributed by atoms with van der Waals surface area (Å²) in [6, 6.07) is 3.76. The Morgan fingerprint density at radius 3 is 2.90 bits per heavy atom. The number of nitrogens with zero attached hydrogens (tertiary/aromatic N) is 2. The predicted molar refractivity (Wildman–Crippen MR) is 72.9 cm³/mol. The van der Waals surface area contributed by atoms with Crippen molar-refractivity contribution in [3.05, 3.63) is 33.9 Å². The van der Waals surface area contributed by atoms with Crippen molar-refractivity contribution in [3.63, 3.8) is 0 Å². The second kappa shape index (κ2) is 5.68. The third-order valence-electron chi connectivity index (χ3n) is 3.38. The predicted octanol–water partition coefficient (Wildman–Crippen LogP) is 1.12. The van der Waals surface area contributed by atoms with Gasteiger partial charge in [-0.15, -0.1) is 0 Å². The number of non-ortho nitro benzene ring substituents is 1. The molecule has 0 aromatic heterocycles. The Morgan fingerprint density at radius 1 is 1.55 bits per heavy atom. The third kappa shape index (κ3) is 2.47. The summed E-state index contributed by atoms with van der Waals surface area (Å²) < 4.78 is 0. The van der Waals surface area contributed by atoms with Crippen LogP contribution in [0.3, 0.4) is 0 Å². The lowest BCUT2D eigenvalue weighted by atomic mass is 10.1. The fourth-order valence-electron chi connectivity index (χ4n) is 2.42. The highest BCUT2D eigenvalue weighted by Crippen LogP contribution is 2.27. The summed E-state index contributed by atoms with van der Waals surface area (Å²) in [5.41, 5.74) is 0.657. The molecule has 1 heterocycles. The zero-order valence-electron chi connectivity index (χ0n) is 11.0. The molecule has 1 saturated heterocycles. The van der Waals surface area contributed by atoms with Crippen LogP contribution >= 0.6 is 0 Å². The zero-order valence-corrected chi connectivity index (χ0v) is 11.0. The van der Waals surface area contributed by atoms with E-state index >= 15 is 0 Å². The lowest BCUT2D eigenvalue weighted by Gasteiger charge is -2.36. The summed E-state index contributed by atoms with van der Waals surface area (Å²) in [6.45, 7) is 2.95. The summed E-state index contributed by atoms with van der Waals surface area (Å²) >= 11 is 0. The standard InChI is InChI=1S/C13H15N3O4/c1-2-11-13(18)14-5-6-15(11)12-4-3-10(16(19)20)7-9(12)8-17/h3-4,7-8,11H,2,5-6H2,1H3,(H,14,18). The Morgan fingerprint density at radius 2 is 2.30 bits per heavy atom. The maximum atomic E-state index is 11.8. The molecule has 1 aromatic carbocycles. The number of rotatable bonds is 4. The van der Waals surface area contributed by atoms with Gasteiger partial charge in [-0.25, -0.2) is 0 Å². The quantitative estimate of drug-likeness (QED) is 0.506. The molecule has 0 saturated carbocycles. The van der Waals surface area contributed by atoms with Crippen LogP contribution in [0.25, 0.3) is 0 Å². The third-order valence-corrected chi connectivity index (χ3v) is 3.38. The number of nitro benzene ring substituents is 1. The van der Waals surface area contributed by atoms with E-state index in [1.807, 2.05) is 11.8 Å². The van der Waals surface area contributed by atoms with E-state index in [2.05, 4.69) is 5.32 Å². The van der Waals surface area contributed by atoms with E-state index in [4.69, 9.17) is 0 Å². The van der Waals surface area contributed by atoms with Crippen LogP contribution < -0.4 is 10.2 Å². The molecule has 0 radical (unpaired) electrons. The minimum atomic E-state index is -0.545. The first-order valence-electron chi connectivity index (χ1n) is 6.36. The lowest BCUT2D eigenvalue weighted by Crippen LogP contribution is -2.55. The maximum absolute atomic E-state index is 11.8. The van der Waals surface area contributed by atoms with Crippen LogP contribution in [0, 0.1) is 10.1 Å². The molecule has 1 atom stereocenters. The van der Waals surface area contributed by atoms with Gasteiger partial charge < -0.3 is 10.2 Å². The zero-order chi connectivity index (χ0) is 14.7. The molecule has 1 N–H and O–H groups in total. The highest BCUT2D eigenvalue weighted by Gasteiger charge is 2.29. The Labute approximate surface area is 115 Å². The normalized spacial score (nSPS) is 18.6. The van der Waals surface area contributed by atoms with E-state index < -0.39 is 4.92 Å². The van der Waals surface area contributed by atoms with Crippen molar-refractivity contribution < 1.29 is 14.5 Å². The van der Waals surface area contributed by atoms with Crippen molar-refractivity contribution in [2.45, 2.75) is 19.4 Å². The van der Waals surface area contributed by atoms with Gasteiger partial charge in [0.1, 0.15) is 6.04 Å². The maximum Gasteiger partial charge on any atom is 0.270 e. The molecule has 0 aliphatic carbocycles. The number of nitro groups is 1. The summed E-state index contributed by atoms with van der Waals surface area (Å²) in [6.07, 6.45) is 1.18. The highest BCUT2D eigenvalue weighted by atomic mass is 16.6. The van der Waals surface area contributed by atoms with Gasteiger partial charge in [-0.2, -0.15) is 0 Å². The number of carbonyl (C=O) groups excluding carboxylic acids is 2. The van der Waals surface area contributed by atoms with Crippen LogP contribution in [-0.4, -0.2) is 36.2 Å². The molecule has 1 unspecified atom stereocenters. The first kappa shape index (κ1) is 14.0. The van der Waals surface area contributed by atoms with Gasteiger partial charge in [0, 0.05) is 36.5 Å². The van der Waals surface area contributed by atoms with Crippen molar-refractivity contribution >= 4 is 23.6 Å². The summed E-state index contributed by atoms with van der Waals surface area (Å²) in [4.78, 5) is 35.0. The Bertz CT molecular complexity index is 559. The fourth-order valence-corrected chi connectivity index (χ4v) is 2.42. The number of aldehydes is 1. The van der Waals surface area contributed by atoms with Crippen molar-refractivity contribution in [2.24, 2.45) is 0 Å². The molecule has 1 aliphatic rings. The lowest BCUT2D eigenvalue weighted by molar-refractivity contribution is -0.384. The summed E-state index contributed by atoms with van der Waals surface area (Å²) in [5, 5.41) is 13.5. The Balaban J connectivity index is 2.42. The number of anilines is 1. The van der Waals surface area contributed by atoms with E-state index in [0.717, 1.165) is 0 Å². The fraction of sp³-hybridized carbons (Fsp3) is 0.385. The molecule has 1 aliphatic heterocycles. The van der Waals surface area contributed by atoms with Crippen LogP contribution in [0.2, 0.25) is 0 Å². The molecular formula is C13H15N3O4. The average Bonchev–Trinajstić information content (AvgIpc) is 2.46. The molecule has 0 bridgehead atoms. The number of hydrogen-bond acceptors (Lipinski definition) is 5. The number of hydrogen-bond donors (Lipinski definition) is 1. The smallest absolute Gasteiger partial charge is 0.270 e. The van der Waals surface area contributed by atoms with E-state index in [1.54, 1.807) is 0 Å². The minimum absolute atomic E-state index is 0.0889. The van der Waals surface area contributed by atoms with Gasteiger partial charge in [0.25, 0.3) is 5.69 Å². The van der Waals surface area contributed by atoms with Crippen LogP contribution in [0.5, 0.6) is 0 Å². The Hall–Kier alpha value is -2.44. The van der Waals surface area contributed by atoms with Crippen molar-refractivity contribution in [2.75, 3.05) is 18.0 Å². The monoisotopic (exact) mass is 277 g/mol. The number of nitrogens with one attached hydrogen (secondary N) is 1. The molecule has 7 heteroatoms. The van der Waals surface area contributed by atoms with Crippen LogP contribution in [0.15, 0.2) is 18.2 Å². The second-order valence-corrected chi connectivity index (χ2v) is 4.53. The highest BCUT2D eigenvalue weighted by molar-refractivity contribution is 5.91. The SMILES string of the molecule is CCC1C(=O)NCCN1c1ccc([N+](=O)[O-])cc1C=O. The molecule has 0 spiro atoms. The molecule has 20 heavy (non-hydrogen) atoms. The topological polar surface area (TPSA) is 92.6 Å². The van der Waals surface area contributed by atoms with Gasteiger partial charge in [0.2, 0.25) is 5.91 Å². The van der Waals surface area contributed by atoms with Crippen LogP contribution in [-0.2, 0) is 4.79 Å². The van der Waals surface area contributed by atoms with Gasteiger partial charge >= 0.3 is 0 Å². The van der Waals surface area contributed by atoms with Crippen molar-refractivity contribution in [1.82, 2.24) is 5.32 Å². The molecule has 7 nitrogen and oxygen atoms in total. The number of carbonyl (C=O) groups is 2. The minimum Gasteiger partial charge on any atom is -0.357 e. The first-order chi connectivity index (χ1) is 9.58.